The molecule has 1 atom stereocenters. The van der Waals surface area contributed by atoms with Crippen LogP contribution in [0, 0.1) is 6.92 Å². The molecule has 0 radical (unpaired) electrons. The Bertz CT molecular complexity index is 286. The van der Waals surface area contributed by atoms with Gasteiger partial charge >= 0.3 is 0 Å². The van der Waals surface area contributed by atoms with Crippen molar-refractivity contribution in [1.82, 2.24) is 15.6 Å². The molecule has 0 saturated carbocycles. The molecule has 0 fully saturated rings. The van der Waals surface area contributed by atoms with Crippen LogP contribution in [0.5, 0.6) is 0 Å². The van der Waals surface area contributed by atoms with Crippen molar-refractivity contribution in [2.75, 3.05) is 13.1 Å². The molecule has 2 N–H and O–H groups in total. The Balaban J connectivity index is 2.30. The van der Waals surface area contributed by atoms with Gasteiger partial charge in [-0.1, -0.05) is 13.0 Å². The lowest BCUT2D eigenvalue weighted by Crippen LogP contribution is -2.35. The number of aryl methyl sites for hydroxylation is 1. The molecule has 1 aromatic rings. The van der Waals surface area contributed by atoms with Gasteiger partial charge in [-0.25, -0.2) is 0 Å². The quantitative estimate of drug-likeness (QED) is 0.742. The molecule has 0 spiro atoms. The van der Waals surface area contributed by atoms with E-state index in [9.17, 15) is 0 Å². The first kappa shape index (κ1) is 12.1. The number of hydrogen-bond donors (Lipinski definition) is 2. The lowest BCUT2D eigenvalue weighted by molar-refractivity contribution is 0.508. The third kappa shape index (κ3) is 4.91. The summed E-state index contributed by atoms with van der Waals surface area (Å²) < 4.78 is 0. The largest absolute Gasteiger partial charge is 0.315 e. The molecule has 1 heterocycles. The van der Waals surface area contributed by atoms with Gasteiger partial charge in [0.2, 0.25) is 0 Å². The Hall–Kier alpha value is -0.930. The predicted molar refractivity (Wildman–Crippen MR) is 63.8 cm³/mol. The highest BCUT2D eigenvalue weighted by atomic mass is 15.0. The second-order valence-electron chi connectivity index (χ2n) is 3.96. The van der Waals surface area contributed by atoms with Crippen LogP contribution < -0.4 is 10.6 Å². The summed E-state index contributed by atoms with van der Waals surface area (Å²) in [5.74, 6) is 0. The molecule has 0 aromatic carbocycles. The molecule has 0 aliphatic carbocycles. The third-order valence-electron chi connectivity index (χ3n) is 2.29. The van der Waals surface area contributed by atoms with Crippen LogP contribution in [0.1, 0.15) is 25.0 Å². The molecule has 1 rings (SSSR count). The molecular formula is C12H21N3. The smallest absolute Gasteiger partial charge is 0.0313 e. The standard InChI is InChI=1S/C12H21N3/c1-4-13-7-11(3)15-9-12-5-10(2)6-14-8-12/h5-6,8,11,13,15H,4,7,9H2,1-3H3. The van der Waals surface area contributed by atoms with Crippen LogP contribution in [0.25, 0.3) is 0 Å². The van der Waals surface area contributed by atoms with E-state index >= 15 is 0 Å². The second kappa shape index (κ2) is 6.53. The molecule has 0 bridgehead atoms. The van der Waals surface area contributed by atoms with Gasteiger partial charge in [0.05, 0.1) is 0 Å². The number of hydrogen-bond acceptors (Lipinski definition) is 3. The third-order valence-corrected chi connectivity index (χ3v) is 2.29. The fraction of sp³-hybridized carbons (Fsp3) is 0.583. The maximum atomic E-state index is 4.17. The van der Waals surface area contributed by atoms with Crippen molar-refractivity contribution in [2.24, 2.45) is 0 Å². The SMILES string of the molecule is CCNCC(C)NCc1cncc(C)c1. The van der Waals surface area contributed by atoms with Crippen LogP contribution >= 0.6 is 0 Å². The van der Waals surface area contributed by atoms with Crippen LogP contribution in [0.4, 0.5) is 0 Å². The zero-order valence-corrected chi connectivity index (χ0v) is 9.88. The van der Waals surface area contributed by atoms with E-state index in [1.165, 1.54) is 11.1 Å². The first-order valence-electron chi connectivity index (χ1n) is 5.57. The summed E-state index contributed by atoms with van der Waals surface area (Å²) in [7, 11) is 0. The second-order valence-corrected chi connectivity index (χ2v) is 3.96. The molecule has 15 heavy (non-hydrogen) atoms. The van der Waals surface area contributed by atoms with Crippen molar-refractivity contribution < 1.29 is 0 Å². The highest BCUT2D eigenvalue weighted by Gasteiger charge is 2.00. The summed E-state index contributed by atoms with van der Waals surface area (Å²) in [5.41, 5.74) is 2.46. The number of nitrogens with zero attached hydrogens (tertiary/aromatic N) is 1. The van der Waals surface area contributed by atoms with Crippen molar-refractivity contribution in [3.05, 3.63) is 29.6 Å². The van der Waals surface area contributed by atoms with Crippen molar-refractivity contribution in [1.29, 1.82) is 0 Å². The molecule has 0 saturated heterocycles. The van der Waals surface area contributed by atoms with E-state index in [1.807, 2.05) is 12.4 Å². The van der Waals surface area contributed by atoms with Crippen molar-refractivity contribution in [2.45, 2.75) is 33.4 Å². The van der Waals surface area contributed by atoms with E-state index in [-0.39, 0.29) is 0 Å². The fourth-order valence-corrected chi connectivity index (χ4v) is 1.44. The summed E-state index contributed by atoms with van der Waals surface area (Å²) in [5, 5.41) is 6.78. The van der Waals surface area contributed by atoms with Crippen molar-refractivity contribution >= 4 is 0 Å². The predicted octanol–water partition coefficient (Wildman–Crippen LogP) is 1.48. The maximum Gasteiger partial charge on any atom is 0.0313 e. The van der Waals surface area contributed by atoms with Crippen LogP contribution in [0.3, 0.4) is 0 Å². The summed E-state index contributed by atoms with van der Waals surface area (Å²) >= 11 is 0. The van der Waals surface area contributed by atoms with E-state index in [1.54, 1.807) is 0 Å². The van der Waals surface area contributed by atoms with Gasteiger partial charge < -0.3 is 10.6 Å². The van der Waals surface area contributed by atoms with Crippen LogP contribution in [0.2, 0.25) is 0 Å². The van der Waals surface area contributed by atoms with E-state index in [0.717, 1.165) is 19.6 Å². The van der Waals surface area contributed by atoms with Crippen LogP contribution in [0.15, 0.2) is 18.5 Å². The zero-order valence-electron chi connectivity index (χ0n) is 9.88. The highest BCUT2D eigenvalue weighted by molar-refractivity contribution is 5.16. The van der Waals surface area contributed by atoms with Gasteiger partial charge in [-0.15, -0.1) is 0 Å². The Kier molecular flexibility index (Phi) is 5.29. The van der Waals surface area contributed by atoms with Crippen LogP contribution in [-0.2, 0) is 6.54 Å². The van der Waals surface area contributed by atoms with Gasteiger partial charge in [-0.3, -0.25) is 4.98 Å². The average Bonchev–Trinajstić information content (AvgIpc) is 2.23. The maximum absolute atomic E-state index is 4.17. The first-order valence-corrected chi connectivity index (χ1v) is 5.57. The van der Waals surface area contributed by atoms with Gasteiger partial charge in [-0.05, 0) is 31.5 Å². The fourth-order valence-electron chi connectivity index (χ4n) is 1.44. The number of aromatic nitrogens is 1. The zero-order chi connectivity index (χ0) is 11.1. The summed E-state index contributed by atoms with van der Waals surface area (Å²) in [6.45, 7) is 9.30. The summed E-state index contributed by atoms with van der Waals surface area (Å²) in [6.07, 6.45) is 3.80. The van der Waals surface area contributed by atoms with Gasteiger partial charge in [0.25, 0.3) is 0 Å². The minimum Gasteiger partial charge on any atom is -0.315 e. The minimum atomic E-state index is 0.491. The molecular weight excluding hydrogens is 186 g/mol. The minimum absolute atomic E-state index is 0.491. The lowest BCUT2D eigenvalue weighted by Gasteiger charge is -2.13. The van der Waals surface area contributed by atoms with Gasteiger partial charge in [0.1, 0.15) is 0 Å². The van der Waals surface area contributed by atoms with E-state index in [4.69, 9.17) is 0 Å². The molecule has 1 unspecified atom stereocenters. The summed E-state index contributed by atoms with van der Waals surface area (Å²) in [6, 6.07) is 2.66. The Morgan fingerprint density at radius 1 is 1.40 bits per heavy atom. The molecule has 84 valence electrons. The van der Waals surface area contributed by atoms with Crippen LogP contribution in [-0.4, -0.2) is 24.1 Å². The molecule has 1 aromatic heterocycles. The van der Waals surface area contributed by atoms with E-state index in [2.05, 4.69) is 42.5 Å². The normalized spacial score (nSPS) is 12.7. The molecule has 3 nitrogen and oxygen atoms in total. The van der Waals surface area contributed by atoms with Gasteiger partial charge in [0.15, 0.2) is 0 Å². The number of likely N-dealkylation sites (N-methyl/N-ethyl adjacent to an activating group) is 1. The number of pyridine rings is 1. The summed E-state index contributed by atoms with van der Waals surface area (Å²) in [4.78, 5) is 4.17. The Morgan fingerprint density at radius 2 is 2.20 bits per heavy atom. The Morgan fingerprint density at radius 3 is 2.87 bits per heavy atom. The lowest BCUT2D eigenvalue weighted by atomic mass is 10.2. The van der Waals surface area contributed by atoms with Gasteiger partial charge in [0, 0.05) is 31.5 Å². The molecule has 0 aliphatic heterocycles. The Labute approximate surface area is 92.3 Å². The average molecular weight is 207 g/mol. The topological polar surface area (TPSA) is 37.0 Å². The van der Waals surface area contributed by atoms with Gasteiger partial charge in [-0.2, -0.15) is 0 Å². The van der Waals surface area contributed by atoms with Crippen molar-refractivity contribution in [3.63, 3.8) is 0 Å². The number of rotatable bonds is 6. The van der Waals surface area contributed by atoms with E-state index < -0.39 is 0 Å². The molecule has 3 heteroatoms. The highest BCUT2D eigenvalue weighted by Crippen LogP contribution is 2.00. The van der Waals surface area contributed by atoms with E-state index in [0.29, 0.717) is 6.04 Å². The van der Waals surface area contributed by atoms with Crippen molar-refractivity contribution in [3.8, 4) is 0 Å². The molecule has 0 amide bonds. The monoisotopic (exact) mass is 207 g/mol. The molecule has 0 aliphatic rings. The number of nitrogens with one attached hydrogen (secondary N) is 2. The first-order chi connectivity index (χ1) is 7.22.